The van der Waals surface area contributed by atoms with E-state index in [0.29, 0.717) is 0 Å². The molecule has 23 heavy (non-hydrogen) atoms. The fourth-order valence-corrected chi connectivity index (χ4v) is 3.15. The van der Waals surface area contributed by atoms with Crippen LogP contribution in [0, 0.1) is 0 Å². The molecule has 0 unspecified atom stereocenters. The summed E-state index contributed by atoms with van der Waals surface area (Å²) in [6, 6.07) is 19.3. The Hall–Kier alpha value is -2.23. The number of benzene rings is 2. The molecule has 0 amide bonds. The highest BCUT2D eigenvalue weighted by atomic mass is 16.5. The first-order valence-electron chi connectivity index (χ1n) is 8.13. The van der Waals surface area contributed by atoms with Crippen molar-refractivity contribution >= 4 is 10.8 Å². The lowest BCUT2D eigenvalue weighted by atomic mass is 10.00. The summed E-state index contributed by atoms with van der Waals surface area (Å²) >= 11 is 0. The highest BCUT2D eigenvalue weighted by Crippen LogP contribution is 2.27. The summed E-state index contributed by atoms with van der Waals surface area (Å²) in [6.07, 6.45) is 1.89. The third-order valence-corrected chi connectivity index (χ3v) is 4.43. The zero-order valence-electron chi connectivity index (χ0n) is 13.1. The van der Waals surface area contributed by atoms with Crippen molar-refractivity contribution in [3.05, 3.63) is 66.5 Å². The van der Waals surface area contributed by atoms with Crippen LogP contribution in [0.4, 0.5) is 0 Å². The summed E-state index contributed by atoms with van der Waals surface area (Å²) in [7, 11) is 0. The van der Waals surface area contributed by atoms with E-state index in [1.165, 1.54) is 21.9 Å². The minimum absolute atomic E-state index is 0.818. The maximum absolute atomic E-state index is 5.44. The van der Waals surface area contributed by atoms with Crippen molar-refractivity contribution in [1.29, 1.82) is 0 Å². The molecular weight excluding hydrogens is 284 g/mol. The average molecular weight is 304 g/mol. The first kappa shape index (κ1) is 14.4. The molecule has 3 nitrogen and oxygen atoms in total. The zero-order valence-corrected chi connectivity index (χ0v) is 13.1. The molecule has 2 heterocycles. The summed E-state index contributed by atoms with van der Waals surface area (Å²) < 4.78 is 5.44. The SMILES string of the molecule is c1cnc(CN2CCOCC2)c(-c2ccc3ccccc3c2)c1. The lowest BCUT2D eigenvalue weighted by molar-refractivity contribution is 0.0337. The van der Waals surface area contributed by atoms with Gasteiger partial charge in [-0.2, -0.15) is 0 Å². The number of rotatable bonds is 3. The van der Waals surface area contributed by atoms with Crippen LogP contribution in [-0.2, 0) is 11.3 Å². The van der Waals surface area contributed by atoms with Gasteiger partial charge < -0.3 is 4.74 Å². The third-order valence-electron chi connectivity index (χ3n) is 4.43. The van der Waals surface area contributed by atoms with E-state index in [2.05, 4.69) is 58.4 Å². The molecule has 0 aliphatic carbocycles. The lowest BCUT2D eigenvalue weighted by Crippen LogP contribution is -2.36. The molecule has 1 fully saturated rings. The Morgan fingerprint density at radius 1 is 0.913 bits per heavy atom. The molecule has 0 saturated carbocycles. The van der Waals surface area contributed by atoms with Crippen molar-refractivity contribution in [2.45, 2.75) is 6.54 Å². The van der Waals surface area contributed by atoms with E-state index in [1.807, 2.05) is 12.3 Å². The van der Waals surface area contributed by atoms with E-state index >= 15 is 0 Å². The van der Waals surface area contributed by atoms with Crippen LogP contribution < -0.4 is 0 Å². The van der Waals surface area contributed by atoms with Crippen molar-refractivity contribution in [3.8, 4) is 11.1 Å². The molecule has 1 aliphatic heterocycles. The van der Waals surface area contributed by atoms with Crippen molar-refractivity contribution in [2.75, 3.05) is 26.3 Å². The maximum atomic E-state index is 5.44. The minimum atomic E-state index is 0.818. The summed E-state index contributed by atoms with van der Waals surface area (Å²) in [5, 5.41) is 2.54. The number of pyridine rings is 1. The Labute approximate surface area is 136 Å². The molecule has 1 aliphatic rings. The number of morpholine rings is 1. The van der Waals surface area contributed by atoms with Gasteiger partial charge in [0.15, 0.2) is 0 Å². The molecular formula is C20H20N2O. The van der Waals surface area contributed by atoms with E-state index in [0.717, 1.165) is 38.5 Å². The predicted octanol–water partition coefficient (Wildman–Crippen LogP) is 3.73. The van der Waals surface area contributed by atoms with Crippen LogP contribution >= 0.6 is 0 Å². The highest BCUT2D eigenvalue weighted by molar-refractivity contribution is 5.87. The molecule has 116 valence electrons. The molecule has 3 aromatic rings. The summed E-state index contributed by atoms with van der Waals surface area (Å²) in [6.45, 7) is 4.48. The molecule has 2 aromatic carbocycles. The smallest absolute Gasteiger partial charge is 0.0622 e. The molecule has 0 radical (unpaired) electrons. The molecule has 1 aromatic heterocycles. The molecule has 0 N–H and O–H groups in total. The maximum Gasteiger partial charge on any atom is 0.0622 e. The van der Waals surface area contributed by atoms with E-state index in [4.69, 9.17) is 4.74 Å². The fraction of sp³-hybridized carbons (Fsp3) is 0.250. The van der Waals surface area contributed by atoms with Gasteiger partial charge in [0.25, 0.3) is 0 Å². The van der Waals surface area contributed by atoms with Gasteiger partial charge in [-0.05, 0) is 28.5 Å². The number of nitrogens with zero attached hydrogens (tertiary/aromatic N) is 2. The predicted molar refractivity (Wildman–Crippen MR) is 93.3 cm³/mol. The van der Waals surface area contributed by atoms with E-state index in [9.17, 15) is 0 Å². The Morgan fingerprint density at radius 3 is 2.61 bits per heavy atom. The van der Waals surface area contributed by atoms with Gasteiger partial charge in [-0.15, -0.1) is 0 Å². The first-order valence-corrected chi connectivity index (χ1v) is 8.13. The fourth-order valence-electron chi connectivity index (χ4n) is 3.15. The lowest BCUT2D eigenvalue weighted by Gasteiger charge is -2.26. The van der Waals surface area contributed by atoms with Crippen LogP contribution in [0.2, 0.25) is 0 Å². The normalized spacial score (nSPS) is 15.8. The van der Waals surface area contributed by atoms with E-state index in [-0.39, 0.29) is 0 Å². The van der Waals surface area contributed by atoms with Crippen LogP contribution in [0.25, 0.3) is 21.9 Å². The largest absolute Gasteiger partial charge is 0.379 e. The standard InChI is InChI=1S/C20H20N2O/c1-2-5-17-14-18(8-7-16(17)4-1)19-6-3-9-21-20(19)15-22-10-12-23-13-11-22/h1-9,14H,10-13,15H2. The first-order chi connectivity index (χ1) is 11.4. The summed E-state index contributed by atoms with van der Waals surface area (Å²) in [5.74, 6) is 0. The van der Waals surface area contributed by atoms with Crippen LogP contribution in [0.15, 0.2) is 60.8 Å². The number of ether oxygens (including phenoxy) is 1. The second kappa shape index (κ2) is 6.49. The number of hydrogen-bond acceptors (Lipinski definition) is 3. The average Bonchev–Trinajstić information content (AvgIpc) is 2.63. The Morgan fingerprint density at radius 2 is 1.74 bits per heavy atom. The van der Waals surface area contributed by atoms with Crippen molar-refractivity contribution in [3.63, 3.8) is 0 Å². The quantitative estimate of drug-likeness (QED) is 0.737. The van der Waals surface area contributed by atoms with E-state index < -0.39 is 0 Å². The summed E-state index contributed by atoms with van der Waals surface area (Å²) in [4.78, 5) is 7.06. The Balaban J connectivity index is 1.69. The molecule has 4 rings (SSSR count). The van der Waals surface area contributed by atoms with Crippen molar-refractivity contribution < 1.29 is 4.74 Å². The van der Waals surface area contributed by atoms with Crippen molar-refractivity contribution in [1.82, 2.24) is 9.88 Å². The van der Waals surface area contributed by atoms with Crippen LogP contribution in [0.1, 0.15) is 5.69 Å². The van der Waals surface area contributed by atoms with Gasteiger partial charge in [0.1, 0.15) is 0 Å². The number of aromatic nitrogens is 1. The Bertz CT molecular complexity index is 809. The Kier molecular flexibility index (Phi) is 4.05. The highest BCUT2D eigenvalue weighted by Gasteiger charge is 2.14. The van der Waals surface area contributed by atoms with Gasteiger partial charge in [-0.1, -0.05) is 42.5 Å². The van der Waals surface area contributed by atoms with Gasteiger partial charge in [-0.3, -0.25) is 9.88 Å². The van der Waals surface area contributed by atoms with Crippen LogP contribution in [0.5, 0.6) is 0 Å². The van der Waals surface area contributed by atoms with Crippen molar-refractivity contribution in [2.24, 2.45) is 0 Å². The topological polar surface area (TPSA) is 25.4 Å². The molecule has 1 saturated heterocycles. The van der Waals surface area contributed by atoms with Crippen LogP contribution in [0.3, 0.4) is 0 Å². The molecule has 0 spiro atoms. The van der Waals surface area contributed by atoms with Gasteiger partial charge in [0, 0.05) is 31.4 Å². The van der Waals surface area contributed by atoms with Gasteiger partial charge in [0.05, 0.1) is 18.9 Å². The number of hydrogen-bond donors (Lipinski definition) is 0. The van der Waals surface area contributed by atoms with Crippen LogP contribution in [-0.4, -0.2) is 36.2 Å². The summed E-state index contributed by atoms with van der Waals surface area (Å²) in [5.41, 5.74) is 3.61. The van der Waals surface area contributed by atoms with Gasteiger partial charge >= 0.3 is 0 Å². The second-order valence-corrected chi connectivity index (χ2v) is 5.95. The van der Waals surface area contributed by atoms with E-state index in [1.54, 1.807) is 0 Å². The number of fused-ring (bicyclic) bond motifs is 1. The second-order valence-electron chi connectivity index (χ2n) is 5.95. The van der Waals surface area contributed by atoms with Gasteiger partial charge in [-0.25, -0.2) is 0 Å². The zero-order chi connectivity index (χ0) is 15.5. The molecule has 0 atom stereocenters. The van der Waals surface area contributed by atoms with Gasteiger partial charge in [0.2, 0.25) is 0 Å². The third kappa shape index (κ3) is 3.11. The molecule has 3 heteroatoms. The molecule has 0 bridgehead atoms. The minimum Gasteiger partial charge on any atom is -0.379 e. The monoisotopic (exact) mass is 304 g/mol.